The first-order valence-electron chi connectivity index (χ1n) is 7.26. The standard InChI is InChI=1S/C15H23BrN2O3S/c1-4-5-6-9-17-15(19)11-18(22(3,20)21)14-8-7-13(16)10-12(14)2/h7-8,10H,4-6,9,11H2,1-3H3,(H,17,19). The number of rotatable bonds is 8. The lowest BCUT2D eigenvalue weighted by atomic mass is 10.2. The molecule has 0 saturated heterocycles. The number of halogens is 1. The molecule has 1 aromatic rings. The molecule has 0 aromatic heterocycles. The Balaban J connectivity index is 2.85. The van der Waals surface area contributed by atoms with Gasteiger partial charge >= 0.3 is 0 Å². The average Bonchev–Trinajstić information content (AvgIpc) is 2.41. The highest BCUT2D eigenvalue weighted by Gasteiger charge is 2.22. The number of amides is 1. The summed E-state index contributed by atoms with van der Waals surface area (Å²) in [4.78, 5) is 12.0. The van der Waals surface area contributed by atoms with Gasteiger partial charge in [-0.25, -0.2) is 8.42 Å². The first kappa shape index (κ1) is 19.0. The van der Waals surface area contributed by atoms with Gasteiger partial charge in [0.15, 0.2) is 0 Å². The topological polar surface area (TPSA) is 66.5 Å². The second kappa shape index (κ2) is 8.53. The highest BCUT2D eigenvalue weighted by atomic mass is 79.9. The summed E-state index contributed by atoms with van der Waals surface area (Å²) in [5.74, 6) is -0.288. The summed E-state index contributed by atoms with van der Waals surface area (Å²) < 4.78 is 26.0. The lowest BCUT2D eigenvalue weighted by molar-refractivity contribution is -0.119. The van der Waals surface area contributed by atoms with Crippen molar-refractivity contribution in [3.05, 3.63) is 28.2 Å². The third kappa shape index (κ3) is 5.96. The number of benzene rings is 1. The zero-order valence-corrected chi connectivity index (χ0v) is 15.6. The maximum atomic E-state index is 12.0. The van der Waals surface area contributed by atoms with Crippen LogP contribution in [-0.2, 0) is 14.8 Å². The van der Waals surface area contributed by atoms with Crippen LogP contribution < -0.4 is 9.62 Å². The van der Waals surface area contributed by atoms with Crippen LogP contribution in [0.1, 0.15) is 31.7 Å². The molecule has 0 bridgehead atoms. The van der Waals surface area contributed by atoms with E-state index < -0.39 is 10.0 Å². The molecule has 1 rings (SSSR count). The summed E-state index contributed by atoms with van der Waals surface area (Å²) in [7, 11) is -3.53. The molecule has 0 aliphatic heterocycles. The fourth-order valence-electron chi connectivity index (χ4n) is 2.07. The predicted molar refractivity (Wildman–Crippen MR) is 93.6 cm³/mol. The molecule has 124 valence electrons. The number of nitrogens with one attached hydrogen (secondary N) is 1. The first-order chi connectivity index (χ1) is 10.3. The Kier molecular flexibility index (Phi) is 7.35. The van der Waals surface area contributed by atoms with Gasteiger partial charge in [0, 0.05) is 11.0 Å². The van der Waals surface area contributed by atoms with E-state index in [1.807, 2.05) is 13.0 Å². The van der Waals surface area contributed by atoms with Crippen LogP contribution in [-0.4, -0.2) is 33.7 Å². The fraction of sp³-hybridized carbons (Fsp3) is 0.533. The monoisotopic (exact) mass is 390 g/mol. The Morgan fingerprint density at radius 3 is 2.55 bits per heavy atom. The van der Waals surface area contributed by atoms with Crippen molar-refractivity contribution in [3.8, 4) is 0 Å². The molecule has 5 nitrogen and oxygen atoms in total. The van der Waals surface area contributed by atoms with E-state index in [0.29, 0.717) is 12.2 Å². The Labute approximate surface area is 141 Å². The molecule has 7 heteroatoms. The summed E-state index contributed by atoms with van der Waals surface area (Å²) in [6.07, 6.45) is 4.13. The van der Waals surface area contributed by atoms with Gasteiger partial charge in [0.05, 0.1) is 11.9 Å². The quantitative estimate of drug-likeness (QED) is 0.693. The van der Waals surface area contributed by atoms with Crippen molar-refractivity contribution in [1.29, 1.82) is 0 Å². The van der Waals surface area contributed by atoms with Gasteiger partial charge in [-0.3, -0.25) is 9.10 Å². The van der Waals surface area contributed by atoms with E-state index in [-0.39, 0.29) is 12.5 Å². The van der Waals surface area contributed by atoms with Crippen LogP contribution in [0.3, 0.4) is 0 Å². The highest BCUT2D eigenvalue weighted by molar-refractivity contribution is 9.10. The maximum Gasteiger partial charge on any atom is 0.240 e. The predicted octanol–water partition coefficient (Wildman–Crippen LogP) is 2.83. The van der Waals surface area contributed by atoms with Crippen molar-refractivity contribution in [2.24, 2.45) is 0 Å². The van der Waals surface area contributed by atoms with Crippen LogP contribution in [0.25, 0.3) is 0 Å². The van der Waals surface area contributed by atoms with E-state index in [9.17, 15) is 13.2 Å². The second-order valence-corrected chi connectivity index (χ2v) is 8.08. The number of nitrogens with zero attached hydrogens (tertiary/aromatic N) is 1. The van der Waals surface area contributed by atoms with Gasteiger partial charge in [-0.15, -0.1) is 0 Å². The molecule has 0 unspecified atom stereocenters. The number of aryl methyl sites for hydroxylation is 1. The van der Waals surface area contributed by atoms with Crippen molar-refractivity contribution < 1.29 is 13.2 Å². The Morgan fingerprint density at radius 2 is 2.00 bits per heavy atom. The highest BCUT2D eigenvalue weighted by Crippen LogP contribution is 2.25. The van der Waals surface area contributed by atoms with E-state index in [4.69, 9.17) is 0 Å². The Hall–Kier alpha value is -1.08. The molecular weight excluding hydrogens is 368 g/mol. The lowest BCUT2D eigenvalue weighted by Crippen LogP contribution is -2.41. The molecule has 1 amide bonds. The summed E-state index contributed by atoms with van der Waals surface area (Å²) in [6.45, 7) is 4.28. The number of hydrogen-bond acceptors (Lipinski definition) is 3. The molecule has 0 aliphatic rings. The van der Waals surface area contributed by atoms with Crippen LogP contribution in [0.15, 0.2) is 22.7 Å². The van der Waals surface area contributed by atoms with E-state index in [1.54, 1.807) is 12.1 Å². The molecule has 0 spiro atoms. The normalized spacial score (nSPS) is 11.3. The van der Waals surface area contributed by atoms with Crippen molar-refractivity contribution in [3.63, 3.8) is 0 Å². The molecule has 0 atom stereocenters. The number of sulfonamides is 1. The SMILES string of the molecule is CCCCCNC(=O)CN(c1ccc(Br)cc1C)S(C)(=O)=O. The van der Waals surface area contributed by atoms with E-state index in [2.05, 4.69) is 28.2 Å². The van der Waals surface area contributed by atoms with Crippen molar-refractivity contribution >= 4 is 37.5 Å². The fourth-order valence-corrected chi connectivity index (χ4v) is 3.46. The minimum absolute atomic E-state index is 0.201. The van der Waals surface area contributed by atoms with Gasteiger partial charge in [0.2, 0.25) is 15.9 Å². The molecule has 0 fully saturated rings. The van der Waals surface area contributed by atoms with Gasteiger partial charge in [-0.1, -0.05) is 35.7 Å². The van der Waals surface area contributed by atoms with Gasteiger partial charge in [0.1, 0.15) is 6.54 Å². The van der Waals surface area contributed by atoms with Crippen LogP contribution in [0.2, 0.25) is 0 Å². The van der Waals surface area contributed by atoms with E-state index in [1.165, 1.54) is 0 Å². The van der Waals surface area contributed by atoms with Crippen LogP contribution in [0.5, 0.6) is 0 Å². The molecule has 0 radical (unpaired) electrons. The van der Waals surface area contributed by atoms with Crippen LogP contribution >= 0.6 is 15.9 Å². The minimum Gasteiger partial charge on any atom is -0.355 e. The number of carbonyl (C=O) groups excluding carboxylic acids is 1. The molecule has 22 heavy (non-hydrogen) atoms. The van der Waals surface area contributed by atoms with Crippen LogP contribution in [0.4, 0.5) is 5.69 Å². The lowest BCUT2D eigenvalue weighted by Gasteiger charge is -2.23. The minimum atomic E-state index is -3.53. The van der Waals surface area contributed by atoms with Gasteiger partial charge < -0.3 is 5.32 Å². The number of carbonyl (C=O) groups is 1. The van der Waals surface area contributed by atoms with E-state index in [0.717, 1.165) is 39.9 Å². The van der Waals surface area contributed by atoms with Gasteiger partial charge in [-0.2, -0.15) is 0 Å². The second-order valence-electron chi connectivity index (χ2n) is 5.26. The zero-order chi connectivity index (χ0) is 16.8. The number of anilines is 1. The maximum absolute atomic E-state index is 12.0. The third-order valence-corrected chi connectivity index (χ3v) is 4.84. The Morgan fingerprint density at radius 1 is 1.32 bits per heavy atom. The van der Waals surface area contributed by atoms with E-state index >= 15 is 0 Å². The van der Waals surface area contributed by atoms with Gasteiger partial charge in [-0.05, 0) is 37.1 Å². The van der Waals surface area contributed by atoms with Crippen molar-refractivity contribution in [1.82, 2.24) is 5.32 Å². The molecule has 0 aliphatic carbocycles. The van der Waals surface area contributed by atoms with Crippen LogP contribution in [0, 0.1) is 6.92 Å². The first-order valence-corrected chi connectivity index (χ1v) is 9.90. The Bertz CT molecular complexity index is 617. The average molecular weight is 391 g/mol. The summed E-state index contributed by atoms with van der Waals surface area (Å²) in [6, 6.07) is 5.29. The molecule has 0 saturated carbocycles. The molecule has 0 heterocycles. The number of hydrogen-bond donors (Lipinski definition) is 1. The zero-order valence-electron chi connectivity index (χ0n) is 13.2. The summed E-state index contributed by atoms with van der Waals surface area (Å²) in [5, 5.41) is 2.77. The summed E-state index contributed by atoms with van der Waals surface area (Å²) in [5.41, 5.74) is 1.31. The smallest absolute Gasteiger partial charge is 0.240 e. The van der Waals surface area contributed by atoms with Gasteiger partial charge in [0.25, 0.3) is 0 Å². The third-order valence-electron chi connectivity index (χ3n) is 3.22. The van der Waals surface area contributed by atoms with Crippen molar-refractivity contribution in [2.75, 3.05) is 23.7 Å². The summed E-state index contributed by atoms with van der Waals surface area (Å²) >= 11 is 3.35. The molecule has 1 aromatic carbocycles. The van der Waals surface area contributed by atoms with Crippen molar-refractivity contribution in [2.45, 2.75) is 33.1 Å². The molecular formula is C15H23BrN2O3S. The largest absolute Gasteiger partial charge is 0.355 e. The number of unbranched alkanes of at least 4 members (excludes halogenated alkanes) is 2. The molecule has 1 N–H and O–H groups in total.